The molecule has 1 atom stereocenters. The number of carbonyl (C=O) groups is 1. The molecule has 0 fully saturated rings. The molecule has 182 valence electrons. The molecule has 2 N–H and O–H groups in total. The number of nitrogens with zero attached hydrogens (tertiary/aromatic N) is 2. The van der Waals surface area contributed by atoms with Gasteiger partial charge in [0, 0.05) is 22.7 Å². The Morgan fingerprint density at radius 3 is 2.64 bits per heavy atom. The van der Waals surface area contributed by atoms with E-state index in [4.69, 9.17) is 16.3 Å². The Bertz CT molecular complexity index is 1460. The maximum Gasteiger partial charge on any atom is 0.273 e. The van der Waals surface area contributed by atoms with Gasteiger partial charge in [-0.25, -0.2) is 0 Å². The number of aromatic hydroxyl groups is 1. The van der Waals surface area contributed by atoms with Gasteiger partial charge in [-0.15, -0.1) is 0 Å². The van der Waals surface area contributed by atoms with Crippen LogP contribution in [0.2, 0.25) is 5.02 Å². The summed E-state index contributed by atoms with van der Waals surface area (Å²) in [6, 6.07) is 18.5. The lowest BCUT2D eigenvalue weighted by Gasteiger charge is -2.27. The SMILES string of the molecule is C=CCOc1ccc(C2c3c(-c4cc(C)cc(C)c4O)n[nH]c3C(=O)N2Cc2ccccc2Cl)cc1. The van der Waals surface area contributed by atoms with Crippen molar-refractivity contribution in [3.63, 3.8) is 0 Å². The number of halogens is 1. The summed E-state index contributed by atoms with van der Waals surface area (Å²) in [5.74, 6) is 0.684. The van der Waals surface area contributed by atoms with Gasteiger partial charge in [-0.05, 0) is 60.4 Å². The smallest absolute Gasteiger partial charge is 0.273 e. The molecule has 7 heteroatoms. The second kappa shape index (κ2) is 9.55. The third-order valence-corrected chi connectivity index (χ3v) is 6.79. The van der Waals surface area contributed by atoms with Crippen LogP contribution in [0.4, 0.5) is 0 Å². The number of amides is 1. The molecule has 1 unspecified atom stereocenters. The summed E-state index contributed by atoms with van der Waals surface area (Å²) in [5.41, 5.74) is 5.77. The number of carbonyl (C=O) groups excluding carboxylic acids is 1. The third kappa shape index (κ3) is 4.14. The molecule has 1 amide bonds. The number of rotatable bonds is 7. The van der Waals surface area contributed by atoms with Gasteiger partial charge in [-0.2, -0.15) is 5.10 Å². The first-order valence-electron chi connectivity index (χ1n) is 11.7. The fourth-order valence-electron chi connectivity index (χ4n) is 4.76. The van der Waals surface area contributed by atoms with Crippen LogP contribution in [0, 0.1) is 13.8 Å². The Morgan fingerprint density at radius 2 is 1.92 bits per heavy atom. The molecule has 0 saturated heterocycles. The van der Waals surface area contributed by atoms with Crippen LogP contribution in [-0.4, -0.2) is 32.7 Å². The van der Waals surface area contributed by atoms with Crippen molar-refractivity contribution >= 4 is 17.5 Å². The summed E-state index contributed by atoms with van der Waals surface area (Å²) in [6.45, 7) is 8.23. The van der Waals surface area contributed by atoms with E-state index in [0.717, 1.165) is 27.8 Å². The van der Waals surface area contributed by atoms with Crippen LogP contribution in [0.3, 0.4) is 0 Å². The Hall–Kier alpha value is -4.03. The van der Waals surface area contributed by atoms with E-state index in [1.165, 1.54) is 0 Å². The molecule has 4 aromatic rings. The van der Waals surface area contributed by atoms with Crippen LogP contribution in [0.25, 0.3) is 11.3 Å². The minimum absolute atomic E-state index is 0.152. The molecule has 1 aromatic heterocycles. The van der Waals surface area contributed by atoms with Crippen molar-refractivity contribution in [1.29, 1.82) is 0 Å². The number of fused-ring (bicyclic) bond motifs is 1. The van der Waals surface area contributed by atoms with E-state index in [2.05, 4.69) is 16.8 Å². The molecule has 0 saturated carbocycles. The average molecular weight is 500 g/mol. The molecule has 1 aliphatic heterocycles. The van der Waals surface area contributed by atoms with E-state index < -0.39 is 6.04 Å². The highest BCUT2D eigenvalue weighted by Gasteiger charge is 2.42. The molecule has 2 heterocycles. The summed E-state index contributed by atoms with van der Waals surface area (Å²) in [4.78, 5) is 15.5. The van der Waals surface area contributed by atoms with Gasteiger partial charge in [0.15, 0.2) is 0 Å². The van der Waals surface area contributed by atoms with Crippen LogP contribution in [0.5, 0.6) is 11.5 Å². The van der Waals surface area contributed by atoms with Gasteiger partial charge in [-0.3, -0.25) is 9.89 Å². The van der Waals surface area contributed by atoms with Crippen molar-refractivity contribution < 1.29 is 14.6 Å². The first-order valence-corrected chi connectivity index (χ1v) is 12.0. The summed E-state index contributed by atoms with van der Waals surface area (Å²) in [6.07, 6.45) is 1.69. The lowest BCUT2D eigenvalue weighted by Crippen LogP contribution is -2.29. The predicted molar refractivity (Wildman–Crippen MR) is 140 cm³/mol. The first kappa shape index (κ1) is 23.7. The lowest BCUT2D eigenvalue weighted by molar-refractivity contribution is 0.0730. The minimum Gasteiger partial charge on any atom is -0.507 e. The highest BCUT2D eigenvalue weighted by atomic mass is 35.5. The van der Waals surface area contributed by atoms with Crippen LogP contribution in [-0.2, 0) is 6.54 Å². The normalized spacial score (nSPS) is 14.7. The van der Waals surface area contributed by atoms with Crippen LogP contribution >= 0.6 is 11.6 Å². The van der Waals surface area contributed by atoms with E-state index in [-0.39, 0.29) is 11.7 Å². The highest BCUT2D eigenvalue weighted by Crippen LogP contribution is 2.46. The molecule has 1 aliphatic rings. The molecule has 0 radical (unpaired) electrons. The first-order chi connectivity index (χ1) is 17.4. The Morgan fingerprint density at radius 1 is 1.17 bits per heavy atom. The topological polar surface area (TPSA) is 78.5 Å². The van der Waals surface area contributed by atoms with Gasteiger partial charge in [0.2, 0.25) is 0 Å². The van der Waals surface area contributed by atoms with E-state index in [0.29, 0.717) is 40.9 Å². The average Bonchev–Trinajstić information content (AvgIpc) is 3.41. The van der Waals surface area contributed by atoms with Gasteiger partial charge in [-0.1, -0.05) is 60.7 Å². The fraction of sp³-hybridized carbons (Fsp3) is 0.172. The number of ether oxygens (including phenoxy) is 1. The van der Waals surface area contributed by atoms with Gasteiger partial charge < -0.3 is 14.7 Å². The number of aryl methyl sites for hydroxylation is 2. The molecule has 36 heavy (non-hydrogen) atoms. The van der Waals surface area contributed by atoms with Crippen LogP contribution < -0.4 is 4.74 Å². The van der Waals surface area contributed by atoms with Crippen molar-refractivity contribution in [2.75, 3.05) is 6.61 Å². The maximum atomic E-state index is 13.7. The van der Waals surface area contributed by atoms with Crippen molar-refractivity contribution in [2.45, 2.75) is 26.4 Å². The molecule has 0 aliphatic carbocycles. The van der Waals surface area contributed by atoms with E-state index in [9.17, 15) is 9.90 Å². The summed E-state index contributed by atoms with van der Waals surface area (Å²) >= 11 is 6.47. The molecule has 6 nitrogen and oxygen atoms in total. The number of hydrogen-bond donors (Lipinski definition) is 2. The number of phenolic OH excluding ortho intramolecular Hbond substituents is 1. The Labute approximate surface area is 214 Å². The number of phenols is 1. The largest absolute Gasteiger partial charge is 0.507 e. The summed E-state index contributed by atoms with van der Waals surface area (Å²) in [7, 11) is 0. The maximum absolute atomic E-state index is 13.7. The molecular weight excluding hydrogens is 474 g/mol. The van der Waals surface area contributed by atoms with Crippen molar-refractivity contribution in [2.24, 2.45) is 0 Å². The van der Waals surface area contributed by atoms with Gasteiger partial charge in [0.25, 0.3) is 5.91 Å². The summed E-state index contributed by atoms with van der Waals surface area (Å²) < 4.78 is 5.65. The zero-order chi connectivity index (χ0) is 25.4. The molecule has 0 bridgehead atoms. The molecular formula is C29H26ClN3O3. The van der Waals surface area contributed by atoms with Crippen LogP contribution in [0.15, 0.2) is 73.3 Å². The number of aromatic amines is 1. The van der Waals surface area contributed by atoms with Crippen molar-refractivity contribution in [3.05, 3.63) is 112 Å². The zero-order valence-corrected chi connectivity index (χ0v) is 20.8. The predicted octanol–water partition coefficient (Wildman–Crippen LogP) is 6.36. The second-order valence-corrected chi connectivity index (χ2v) is 9.34. The standard InChI is InChI=1S/C29H26ClN3O3/c1-4-13-36-21-11-9-19(10-12-21)27-24-25(22-15-17(2)14-18(3)28(22)34)31-32-26(24)29(35)33(27)16-20-7-5-6-8-23(20)30/h4-12,14-15,27,34H,1,13,16H2,2-3H3,(H,31,32). The fourth-order valence-corrected chi connectivity index (χ4v) is 4.96. The number of benzene rings is 3. The zero-order valence-electron chi connectivity index (χ0n) is 20.1. The number of hydrogen-bond acceptors (Lipinski definition) is 4. The van der Waals surface area contributed by atoms with Crippen molar-refractivity contribution in [1.82, 2.24) is 15.1 Å². The Balaban J connectivity index is 1.65. The van der Waals surface area contributed by atoms with Crippen molar-refractivity contribution in [3.8, 4) is 22.8 Å². The molecule has 5 rings (SSSR count). The minimum atomic E-state index is -0.439. The molecule has 0 spiro atoms. The number of aromatic nitrogens is 2. The highest BCUT2D eigenvalue weighted by molar-refractivity contribution is 6.31. The Kier molecular flexibility index (Phi) is 6.29. The number of nitrogens with one attached hydrogen (secondary N) is 1. The van der Waals surface area contributed by atoms with Gasteiger partial charge in [0.1, 0.15) is 29.5 Å². The quantitative estimate of drug-likeness (QED) is 0.290. The van der Waals surface area contributed by atoms with E-state index in [1.807, 2.05) is 74.5 Å². The van der Waals surface area contributed by atoms with Crippen LogP contribution in [0.1, 0.15) is 44.3 Å². The molecule has 3 aromatic carbocycles. The second-order valence-electron chi connectivity index (χ2n) is 8.93. The summed E-state index contributed by atoms with van der Waals surface area (Å²) in [5, 5.41) is 19.0. The monoisotopic (exact) mass is 499 g/mol. The lowest BCUT2D eigenvalue weighted by atomic mass is 9.94. The van der Waals surface area contributed by atoms with E-state index in [1.54, 1.807) is 11.0 Å². The van der Waals surface area contributed by atoms with Gasteiger partial charge >= 0.3 is 0 Å². The van der Waals surface area contributed by atoms with E-state index >= 15 is 0 Å². The van der Waals surface area contributed by atoms with Gasteiger partial charge in [0.05, 0.1) is 6.04 Å². The third-order valence-electron chi connectivity index (χ3n) is 6.43. The number of H-pyrrole nitrogens is 1.